The number of benzene rings is 2. The molecule has 0 unspecified atom stereocenters. The maximum Gasteiger partial charge on any atom is 0.335 e. The molecule has 2 aromatic carbocycles. The Labute approximate surface area is 173 Å². The number of aromatic carboxylic acids is 1. The summed E-state index contributed by atoms with van der Waals surface area (Å²) in [5.74, 6) is -2.13. The maximum atomic E-state index is 14.2. The monoisotopic (exact) mass is 410 g/mol. The Balaban J connectivity index is 2.04. The van der Waals surface area contributed by atoms with E-state index in [4.69, 9.17) is 5.11 Å². The van der Waals surface area contributed by atoms with Crippen molar-refractivity contribution < 1.29 is 23.9 Å². The zero-order valence-electron chi connectivity index (χ0n) is 16.8. The number of Topliss-reactive ketones (excluding diaryl/α,β-unsaturated/α-hetero) is 2. The fraction of sp³-hybridized carbons (Fsp3) is 0.261. The molecule has 7 heteroatoms. The maximum absolute atomic E-state index is 14.2. The molecule has 30 heavy (non-hydrogen) atoms. The van der Waals surface area contributed by atoms with Crippen LogP contribution in [0.5, 0.6) is 0 Å². The van der Waals surface area contributed by atoms with Gasteiger partial charge < -0.3 is 15.7 Å². The standard InChI is InChI=1S/C23H23FN2O4/c1-25-8-7-16-17-10-15(24)11-19(26-2)18(17)12-21(28)22(16)20(27)9-13-3-5-14(6-4-13)23(29)30/h3-6,10-11,25-26H,7-9,12H2,1-2H3,(H,29,30). The Kier molecular flexibility index (Phi) is 6.42. The molecule has 3 rings (SSSR count). The molecule has 0 saturated heterocycles. The number of allylic oxidation sites excluding steroid dienone is 1. The van der Waals surface area contributed by atoms with Gasteiger partial charge in [0.15, 0.2) is 11.6 Å². The third kappa shape index (κ3) is 4.31. The second-order valence-corrected chi connectivity index (χ2v) is 7.14. The fourth-order valence-electron chi connectivity index (χ4n) is 3.74. The molecule has 0 atom stereocenters. The van der Waals surface area contributed by atoms with E-state index in [-0.39, 0.29) is 35.5 Å². The van der Waals surface area contributed by atoms with Gasteiger partial charge in [0.1, 0.15) is 5.82 Å². The van der Waals surface area contributed by atoms with Gasteiger partial charge in [-0.2, -0.15) is 0 Å². The van der Waals surface area contributed by atoms with Crippen molar-refractivity contribution in [3.05, 3.63) is 70.0 Å². The van der Waals surface area contributed by atoms with Gasteiger partial charge in [0, 0.05) is 25.6 Å². The molecule has 0 radical (unpaired) electrons. The molecular formula is C23H23FN2O4. The topological polar surface area (TPSA) is 95.5 Å². The van der Waals surface area contributed by atoms with Crippen LogP contribution in [0, 0.1) is 5.82 Å². The minimum absolute atomic E-state index is 0.0217. The number of carbonyl (C=O) groups excluding carboxylic acids is 2. The minimum Gasteiger partial charge on any atom is -0.478 e. The highest BCUT2D eigenvalue weighted by molar-refractivity contribution is 6.27. The zero-order valence-corrected chi connectivity index (χ0v) is 16.8. The van der Waals surface area contributed by atoms with E-state index in [9.17, 15) is 18.8 Å². The van der Waals surface area contributed by atoms with Crippen molar-refractivity contribution in [2.24, 2.45) is 0 Å². The third-order valence-electron chi connectivity index (χ3n) is 5.20. The summed E-state index contributed by atoms with van der Waals surface area (Å²) in [7, 11) is 3.43. The number of hydrogen-bond donors (Lipinski definition) is 3. The lowest BCUT2D eigenvalue weighted by Crippen LogP contribution is -2.25. The summed E-state index contributed by atoms with van der Waals surface area (Å²) in [5, 5.41) is 14.9. The van der Waals surface area contributed by atoms with Crippen molar-refractivity contribution in [3.63, 3.8) is 0 Å². The van der Waals surface area contributed by atoms with Gasteiger partial charge in [0.25, 0.3) is 0 Å². The number of halogens is 1. The largest absolute Gasteiger partial charge is 0.478 e. The summed E-state index contributed by atoms with van der Waals surface area (Å²) >= 11 is 0. The van der Waals surface area contributed by atoms with Crippen LogP contribution in [0.2, 0.25) is 0 Å². The third-order valence-corrected chi connectivity index (χ3v) is 5.20. The van der Waals surface area contributed by atoms with Crippen LogP contribution in [0.1, 0.15) is 33.5 Å². The van der Waals surface area contributed by atoms with Crippen LogP contribution in [-0.2, 0) is 22.4 Å². The number of carbonyl (C=O) groups is 3. The number of nitrogens with one attached hydrogen (secondary N) is 2. The SMILES string of the molecule is CNCCC1=C(C(=O)Cc2ccc(C(=O)O)cc2)C(=O)Cc2c(NC)cc(F)cc21. The number of fused-ring (bicyclic) bond motifs is 1. The van der Waals surface area contributed by atoms with Crippen LogP contribution in [0.25, 0.3) is 5.57 Å². The molecule has 2 aromatic rings. The quantitative estimate of drug-likeness (QED) is 0.580. The predicted molar refractivity (Wildman–Crippen MR) is 112 cm³/mol. The van der Waals surface area contributed by atoms with Crippen molar-refractivity contribution in [3.8, 4) is 0 Å². The van der Waals surface area contributed by atoms with Crippen molar-refractivity contribution in [1.29, 1.82) is 0 Å². The number of anilines is 1. The summed E-state index contributed by atoms with van der Waals surface area (Å²) in [5.41, 5.74) is 3.19. The molecule has 0 saturated carbocycles. The van der Waals surface area contributed by atoms with E-state index in [1.54, 1.807) is 26.2 Å². The first kappa shape index (κ1) is 21.4. The summed E-state index contributed by atoms with van der Waals surface area (Å²) < 4.78 is 14.2. The molecule has 0 heterocycles. The van der Waals surface area contributed by atoms with E-state index in [1.807, 2.05) is 0 Å². The summed E-state index contributed by atoms with van der Waals surface area (Å²) in [6.07, 6.45) is 0.391. The summed E-state index contributed by atoms with van der Waals surface area (Å²) in [6.45, 7) is 0.525. The van der Waals surface area contributed by atoms with Gasteiger partial charge in [-0.1, -0.05) is 12.1 Å². The van der Waals surface area contributed by atoms with Gasteiger partial charge >= 0.3 is 5.97 Å². The van der Waals surface area contributed by atoms with Crippen LogP contribution < -0.4 is 10.6 Å². The fourth-order valence-corrected chi connectivity index (χ4v) is 3.74. The van der Waals surface area contributed by atoms with E-state index in [0.717, 1.165) is 0 Å². The van der Waals surface area contributed by atoms with Crippen molar-refractivity contribution in [2.75, 3.05) is 26.0 Å². The van der Waals surface area contributed by atoms with Crippen molar-refractivity contribution in [1.82, 2.24) is 5.32 Å². The summed E-state index contributed by atoms with van der Waals surface area (Å²) in [6, 6.07) is 8.70. The molecule has 0 aliphatic heterocycles. The van der Waals surface area contributed by atoms with Crippen LogP contribution in [0.3, 0.4) is 0 Å². The first-order valence-electron chi connectivity index (χ1n) is 9.62. The smallest absolute Gasteiger partial charge is 0.335 e. The number of carboxylic acids is 1. The van der Waals surface area contributed by atoms with Crippen molar-refractivity contribution in [2.45, 2.75) is 19.3 Å². The highest BCUT2D eigenvalue weighted by Crippen LogP contribution is 2.37. The Hall–Kier alpha value is -3.32. The van der Waals surface area contributed by atoms with Gasteiger partial charge in [-0.3, -0.25) is 9.59 Å². The van der Waals surface area contributed by atoms with Gasteiger partial charge in [-0.05, 0) is 66.5 Å². The number of carboxylic acid groups (broad SMARTS) is 1. The lowest BCUT2D eigenvalue weighted by atomic mass is 9.80. The molecule has 1 aliphatic rings. The number of hydrogen-bond acceptors (Lipinski definition) is 5. The molecular weight excluding hydrogens is 387 g/mol. The average molecular weight is 410 g/mol. The highest BCUT2D eigenvalue weighted by Gasteiger charge is 2.31. The van der Waals surface area contributed by atoms with E-state index in [2.05, 4.69) is 10.6 Å². The van der Waals surface area contributed by atoms with Gasteiger partial charge in [-0.15, -0.1) is 0 Å². The first-order chi connectivity index (χ1) is 14.3. The number of ketones is 2. The minimum atomic E-state index is -1.05. The van der Waals surface area contributed by atoms with Crippen LogP contribution in [0.4, 0.5) is 10.1 Å². The first-order valence-corrected chi connectivity index (χ1v) is 9.62. The van der Waals surface area contributed by atoms with Crippen LogP contribution in [-0.4, -0.2) is 43.3 Å². The lowest BCUT2D eigenvalue weighted by Gasteiger charge is -2.24. The van der Waals surface area contributed by atoms with Gasteiger partial charge in [-0.25, -0.2) is 9.18 Å². The highest BCUT2D eigenvalue weighted by atomic mass is 19.1. The molecule has 3 N–H and O–H groups in total. The Morgan fingerprint density at radius 2 is 1.83 bits per heavy atom. The zero-order chi connectivity index (χ0) is 21.8. The van der Waals surface area contributed by atoms with E-state index < -0.39 is 11.8 Å². The Bertz CT molecular complexity index is 1040. The Morgan fingerprint density at radius 1 is 1.13 bits per heavy atom. The van der Waals surface area contributed by atoms with Crippen LogP contribution >= 0.6 is 0 Å². The second kappa shape index (κ2) is 9.00. The average Bonchev–Trinajstić information content (AvgIpc) is 2.71. The molecule has 156 valence electrons. The summed E-state index contributed by atoms with van der Waals surface area (Å²) in [4.78, 5) is 37.1. The van der Waals surface area contributed by atoms with E-state index in [0.29, 0.717) is 40.9 Å². The van der Waals surface area contributed by atoms with Gasteiger partial charge in [0.05, 0.1) is 11.1 Å². The lowest BCUT2D eigenvalue weighted by molar-refractivity contribution is -0.120. The molecule has 0 aromatic heterocycles. The molecule has 0 spiro atoms. The van der Waals surface area contributed by atoms with Crippen molar-refractivity contribution >= 4 is 28.8 Å². The van der Waals surface area contributed by atoms with E-state index >= 15 is 0 Å². The molecule has 0 bridgehead atoms. The molecule has 6 nitrogen and oxygen atoms in total. The van der Waals surface area contributed by atoms with E-state index in [1.165, 1.54) is 24.3 Å². The van der Waals surface area contributed by atoms with Crippen LogP contribution in [0.15, 0.2) is 42.0 Å². The predicted octanol–water partition coefficient (Wildman–Crippen LogP) is 2.87. The Morgan fingerprint density at radius 3 is 2.43 bits per heavy atom. The van der Waals surface area contributed by atoms with Gasteiger partial charge in [0.2, 0.25) is 0 Å². The normalized spacial score (nSPS) is 13.2. The second-order valence-electron chi connectivity index (χ2n) is 7.14. The molecule has 0 fully saturated rings. The molecule has 1 aliphatic carbocycles. The molecule has 0 amide bonds. The number of rotatable bonds is 8.